The molecule has 1 saturated carbocycles. The molecule has 3 rings (SSSR count). The van der Waals surface area contributed by atoms with Crippen LogP contribution in [0.4, 0.5) is 4.79 Å². The van der Waals surface area contributed by atoms with E-state index >= 15 is 0 Å². The largest absolute Gasteiger partial charge is 0.335 e. The van der Waals surface area contributed by atoms with Gasteiger partial charge in [-0.1, -0.05) is 42.7 Å². The van der Waals surface area contributed by atoms with Crippen molar-refractivity contribution in [2.24, 2.45) is 0 Å². The van der Waals surface area contributed by atoms with Gasteiger partial charge in [0.25, 0.3) is 0 Å². The standard InChI is InChI=1S/C20H30N4O2/c1-16-5-4-6-17(13-16)14-23-9-11-24(12-10-23)15-19(25)22-20(26)21-18-7-2-3-8-18/h4-6,13,18H,2-3,7-12,14-15H2,1H3,(H2,21,22,25,26). The Hall–Kier alpha value is -1.92. The molecule has 1 aromatic rings. The van der Waals surface area contributed by atoms with E-state index in [1.165, 1.54) is 11.1 Å². The number of piperazine rings is 1. The number of carbonyl (C=O) groups excluding carboxylic acids is 2. The van der Waals surface area contributed by atoms with Gasteiger partial charge >= 0.3 is 6.03 Å². The van der Waals surface area contributed by atoms with Crippen LogP contribution in [0.3, 0.4) is 0 Å². The molecule has 0 aromatic heterocycles. The molecule has 6 heteroatoms. The quantitative estimate of drug-likeness (QED) is 0.844. The number of urea groups is 1. The molecule has 1 aromatic carbocycles. The highest BCUT2D eigenvalue weighted by atomic mass is 16.2. The molecular formula is C20H30N4O2. The Morgan fingerprint density at radius 1 is 1.08 bits per heavy atom. The minimum Gasteiger partial charge on any atom is -0.335 e. The Morgan fingerprint density at radius 3 is 2.46 bits per heavy atom. The molecule has 142 valence electrons. The number of imide groups is 1. The zero-order valence-corrected chi connectivity index (χ0v) is 15.7. The van der Waals surface area contributed by atoms with Gasteiger partial charge in [-0.25, -0.2) is 4.79 Å². The summed E-state index contributed by atoms with van der Waals surface area (Å²) in [5, 5.41) is 5.36. The highest BCUT2D eigenvalue weighted by Crippen LogP contribution is 2.17. The number of aryl methyl sites for hydroxylation is 1. The fourth-order valence-corrected chi connectivity index (χ4v) is 3.84. The molecule has 0 atom stereocenters. The van der Waals surface area contributed by atoms with Gasteiger partial charge in [-0.05, 0) is 25.3 Å². The third-order valence-corrected chi connectivity index (χ3v) is 5.26. The number of nitrogens with zero attached hydrogens (tertiary/aromatic N) is 2. The zero-order chi connectivity index (χ0) is 18.4. The van der Waals surface area contributed by atoms with E-state index < -0.39 is 0 Å². The molecule has 2 fully saturated rings. The van der Waals surface area contributed by atoms with Gasteiger partial charge in [0, 0.05) is 38.8 Å². The molecule has 1 aliphatic heterocycles. The molecule has 1 aliphatic carbocycles. The minimum atomic E-state index is -0.347. The first-order valence-corrected chi connectivity index (χ1v) is 9.69. The number of hydrogen-bond acceptors (Lipinski definition) is 4. The lowest BCUT2D eigenvalue weighted by Gasteiger charge is -2.34. The van der Waals surface area contributed by atoms with E-state index in [9.17, 15) is 9.59 Å². The normalized spacial score (nSPS) is 19.4. The van der Waals surface area contributed by atoms with Gasteiger partial charge in [0.15, 0.2) is 0 Å². The van der Waals surface area contributed by atoms with Crippen LogP contribution in [0.2, 0.25) is 0 Å². The van der Waals surface area contributed by atoms with Crippen LogP contribution in [0.1, 0.15) is 36.8 Å². The number of amides is 3. The van der Waals surface area contributed by atoms with Gasteiger partial charge in [-0.3, -0.25) is 19.9 Å². The van der Waals surface area contributed by atoms with Gasteiger partial charge in [0.05, 0.1) is 6.54 Å². The highest BCUT2D eigenvalue weighted by Gasteiger charge is 2.21. The SMILES string of the molecule is Cc1cccc(CN2CCN(CC(=O)NC(=O)NC3CCCC3)CC2)c1. The van der Waals surface area contributed by atoms with E-state index in [4.69, 9.17) is 0 Å². The Kier molecular flexibility index (Phi) is 6.63. The summed E-state index contributed by atoms with van der Waals surface area (Å²) >= 11 is 0. The lowest BCUT2D eigenvalue weighted by molar-refractivity contribution is -0.121. The van der Waals surface area contributed by atoms with E-state index in [-0.39, 0.29) is 24.5 Å². The summed E-state index contributed by atoms with van der Waals surface area (Å²) in [6.45, 7) is 6.93. The molecule has 26 heavy (non-hydrogen) atoms. The number of carbonyl (C=O) groups is 2. The van der Waals surface area contributed by atoms with Crippen molar-refractivity contribution in [2.45, 2.75) is 45.2 Å². The van der Waals surface area contributed by atoms with Crippen LogP contribution in [0.25, 0.3) is 0 Å². The first kappa shape index (κ1) is 18.9. The van der Waals surface area contributed by atoms with Gasteiger partial charge in [0.1, 0.15) is 0 Å². The average Bonchev–Trinajstić information content (AvgIpc) is 3.09. The average molecular weight is 358 g/mol. The molecule has 0 unspecified atom stereocenters. The second-order valence-electron chi connectivity index (χ2n) is 7.54. The highest BCUT2D eigenvalue weighted by molar-refractivity contribution is 5.95. The number of hydrogen-bond donors (Lipinski definition) is 2. The summed E-state index contributed by atoms with van der Waals surface area (Å²) < 4.78 is 0. The van der Waals surface area contributed by atoms with Crippen molar-refractivity contribution in [3.63, 3.8) is 0 Å². The molecule has 3 amide bonds. The van der Waals surface area contributed by atoms with E-state index in [0.29, 0.717) is 0 Å². The van der Waals surface area contributed by atoms with Crippen LogP contribution < -0.4 is 10.6 Å². The van der Waals surface area contributed by atoms with Crippen molar-refractivity contribution in [3.8, 4) is 0 Å². The van der Waals surface area contributed by atoms with Gasteiger partial charge in [0.2, 0.25) is 5.91 Å². The summed E-state index contributed by atoms with van der Waals surface area (Å²) in [7, 11) is 0. The summed E-state index contributed by atoms with van der Waals surface area (Å²) in [6.07, 6.45) is 4.35. The van der Waals surface area contributed by atoms with Crippen molar-refractivity contribution in [3.05, 3.63) is 35.4 Å². The van der Waals surface area contributed by atoms with Gasteiger partial charge in [-0.2, -0.15) is 0 Å². The third-order valence-electron chi connectivity index (χ3n) is 5.26. The Morgan fingerprint density at radius 2 is 1.77 bits per heavy atom. The number of benzene rings is 1. The van der Waals surface area contributed by atoms with Crippen LogP contribution in [0.5, 0.6) is 0 Å². The van der Waals surface area contributed by atoms with Crippen LogP contribution in [-0.4, -0.2) is 60.5 Å². The number of nitrogens with one attached hydrogen (secondary N) is 2. The smallest absolute Gasteiger partial charge is 0.321 e. The molecule has 2 aliphatic rings. The molecule has 0 spiro atoms. The third kappa shape index (κ3) is 5.81. The molecule has 0 bridgehead atoms. The molecule has 1 heterocycles. The van der Waals surface area contributed by atoms with Crippen LogP contribution >= 0.6 is 0 Å². The summed E-state index contributed by atoms with van der Waals surface area (Å²) in [5.74, 6) is -0.215. The van der Waals surface area contributed by atoms with E-state index in [1.54, 1.807) is 0 Å². The second kappa shape index (κ2) is 9.14. The monoisotopic (exact) mass is 358 g/mol. The number of rotatable bonds is 5. The first-order valence-electron chi connectivity index (χ1n) is 9.69. The van der Waals surface area contributed by atoms with E-state index in [2.05, 4.69) is 51.6 Å². The second-order valence-corrected chi connectivity index (χ2v) is 7.54. The van der Waals surface area contributed by atoms with Gasteiger partial charge < -0.3 is 5.32 Å². The molecule has 6 nitrogen and oxygen atoms in total. The minimum absolute atomic E-state index is 0.215. The van der Waals surface area contributed by atoms with Crippen LogP contribution in [-0.2, 0) is 11.3 Å². The van der Waals surface area contributed by atoms with Crippen molar-refractivity contribution in [1.29, 1.82) is 0 Å². The molecule has 1 saturated heterocycles. The Balaban J connectivity index is 1.35. The lowest BCUT2D eigenvalue weighted by Crippen LogP contribution is -2.51. The topological polar surface area (TPSA) is 64.7 Å². The van der Waals surface area contributed by atoms with Crippen molar-refractivity contribution in [1.82, 2.24) is 20.4 Å². The molecule has 0 radical (unpaired) electrons. The maximum Gasteiger partial charge on any atom is 0.321 e. The van der Waals surface area contributed by atoms with Gasteiger partial charge in [-0.15, -0.1) is 0 Å². The fourth-order valence-electron chi connectivity index (χ4n) is 3.84. The molecular weight excluding hydrogens is 328 g/mol. The zero-order valence-electron chi connectivity index (χ0n) is 15.7. The lowest BCUT2D eigenvalue weighted by atomic mass is 10.1. The van der Waals surface area contributed by atoms with Crippen molar-refractivity contribution in [2.75, 3.05) is 32.7 Å². The van der Waals surface area contributed by atoms with E-state index in [0.717, 1.165) is 58.4 Å². The summed E-state index contributed by atoms with van der Waals surface area (Å²) in [4.78, 5) is 28.5. The van der Waals surface area contributed by atoms with Crippen molar-refractivity contribution < 1.29 is 9.59 Å². The summed E-state index contributed by atoms with van der Waals surface area (Å²) in [6, 6.07) is 8.48. The predicted octanol–water partition coefficient (Wildman–Crippen LogP) is 1.88. The van der Waals surface area contributed by atoms with Crippen molar-refractivity contribution >= 4 is 11.9 Å². The van der Waals surface area contributed by atoms with Crippen LogP contribution in [0.15, 0.2) is 24.3 Å². The predicted molar refractivity (Wildman–Crippen MR) is 102 cm³/mol. The Bertz CT molecular complexity index is 620. The Labute approximate surface area is 155 Å². The fraction of sp³-hybridized carbons (Fsp3) is 0.600. The molecule has 2 N–H and O–H groups in total. The van der Waals surface area contributed by atoms with E-state index in [1.807, 2.05) is 0 Å². The van der Waals surface area contributed by atoms with Crippen LogP contribution in [0, 0.1) is 6.92 Å². The maximum absolute atomic E-state index is 12.1. The summed E-state index contributed by atoms with van der Waals surface area (Å²) in [5.41, 5.74) is 2.62. The maximum atomic E-state index is 12.1. The first-order chi connectivity index (χ1) is 12.6.